The van der Waals surface area contributed by atoms with Crippen molar-refractivity contribution in [2.45, 2.75) is 25.8 Å². The topological polar surface area (TPSA) is 63.3 Å². The highest BCUT2D eigenvalue weighted by atomic mass is 16.4. The predicted molar refractivity (Wildman–Crippen MR) is 55.2 cm³/mol. The number of rotatable bonds is 3. The molecule has 0 saturated heterocycles. The molecule has 0 bridgehead atoms. The molecule has 0 heterocycles. The second-order valence-electron chi connectivity index (χ2n) is 3.56. The van der Waals surface area contributed by atoms with E-state index in [1.165, 1.54) is 0 Å². The summed E-state index contributed by atoms with van der Waals surface area (Å²) in [4.78, 5) is 10.7. The molecule has 3 nitrogen and oxygen atoms in total. The molecule has 0 aliphatic heterocycles. The molecule has 0 amide bonds. The van der Waals surface area contributed by atoms with Gasteiger partial charge in [-0.1, -0.05) is 36.8 Å². The number of carboxylic acids is 1. The lowest BCUT2D eigenvalue weighted by Gasteiger charge is -2.16. The van der Waals surface area contributed by atoms with E-state index in [9.17, 15) is 4.79 Å². The summed E-state index contributed by atoms with van der Waals surface area (Å²) >= 11 is 0. The minimum Gasteiger partial charge on any atom is -0.480 e. The largest absolute Gasteiger partial charge is 0.480 e. The summed E-state index contributed by atoms with van der Waals surface area (Å²) in [7, 11) is 0. The number of hydrogen-bond donors (Lipinski definition) is 2. The van der Waals surface area contributed by atoms with Crippen LogP contribution in [0.1, 0.15) is 24.0 Å². The average Bonchev–Trinajstić information content (AvgIpc) is 2.16. The maximum absolute atomic E-state index is 10.7. The molecule has 0 fully saturated rings. The van der Waals surface area contributed by atoms with Gasteiger partial charge >= 0.3 is 5.97 Å². The van der Waals surface area contributed by atoms with Crippen LogP contribution in [0.2, 0.25) is 0 Å². The zero-order valence-electron chi connectivity index (χ0n) is 8.40. The maximum Gasteiger partial charge on any atom is 0.321 e. The van der Waals surface area contributed by atoms with E-state index < -0.39 is 12.0 Å². The smallest absolute Gasteiger partial charge is 0.321 e. The molecule has 2 atom stereocenters. The first-order valence-electron chi connectivity index (χ1n) is 4.57. The van der Waals surface area contributed by atoms with Gasteiger partial charge in [-0.25, -0.2) is 0 Å². The van der Waals surface area contributed by atoms with Crippen LogP contribution < -0.4 is 5.73 Å². The van der Waals surface area contributed by atoms with Crippen molar-refractivity contribution >= 4 is 5.97 Å². The lowest BCUT2D eigenvalue weighted by molar-refractivity contribution is -0.139. The molecule has 0 aromatic heterocycles. The Kier molecular flexibility index (Phi) is 3.25. The van der Waals surface area contributed by atoms with E-state index in [1.54, 1.807) is 0 Å². The summed E-state index contributed by atoms with van der Waals surface area (Å²) in [6.07, 6.45) is 0. The number of aryl methyl sites for hydroxylation is 1. The third-order valence-electron chi connectivity index (χ3n) is 2.43. The van der Waals surface area contributed by atoms with Crippen molar-refractivity contribution in [3.05, 3.63) is 35.4 Å². The van der Waals surface area contributed by atoms with Gasteiger partial charge in [-0.05, 0) is 12.5 Å². The molecule has 0 saturated carbocycles. The number of aliphatic carboxylic acids is 1. The minimum absolute atomic E-state index is 0.159. The van der Waals surface area contributed by atoms with Gasteiger partial charge in [-0.3, -0.25) is 4.79 Å². The van der Waals surface area contributed by atoms with E-state index in [1.807, 2.05) is 38.1 Å². The van der Waals surface area contributed by atoms with Crippen molar-refractivity contribution < 1.29 is 9.90 Å². The average molecular weight is 193 g/mol. The van der Waals surface area contributed by atoms with E-state index >= 15 is 0 Å². The van der Waals surface area contributed by atoms with E-state index in [2.05, 4.69) is 0 Å². The Hall–Kier alpha value is -1.35. The lowest BCUT2D eigenvalue weighted by Crippen LogP contribution is -2.35. The number of hydrogen-bond acceptors (Lipinski definition) is 2. The van der Waals surface area contributed by atoms with Crippen LogP contribution in [0.5, 0.6) is 0 Å². The summed E-state index contributed by atoms with van der Waals surface area (Å²) in [6, 6.07) is 6.92. The fourth-order valence-electron chi connectivity index (χ4n) is 1.29. The third-order valence-corrected chi connectivity index (χ3v) is 2.43. The molecular formula is C11H15NO2. The third kappa shape index (κ3) is 2.33. The van der Waals surface area contributed by atoms with Gasteiger partial charge in [0.25, 0.3) is 0 Å². The van der Waals surface area contributed by atoms with Crippen molar-refractivity contribution in [3.63, 3.8) is 0 Å². The van der Waals surface area contributed by atoms with E-state index in [0.717, 1.165) is 11.1 Å². The molecule has 1 aromatic rings. The van der Waals surface area contributed by atoms with Gasteiger partial charge in [0.1, 0.15) is 6.04 Å². The molecule has 3 N–H and O–H groups in total. The summed E-state index contributed by atoms with van der Waals surface area (Å²) in [5.74, 6) is -1.12. The van der Waals surface area contributed by atoms with Crippen LogP contribution in [0.4, 0.5) is 0 Å². The highest BCUT2D eigenvalue weighted by Crippen LogP contribution is 2.18. The SMILES string of the molecule is Cc1ccc(C(C)C(N)C(=O)O)cc1. The number of nitrogens with two attached hydrogens (primary N) is 1. The molecule has 1 aromatic carbocycles. The van der Waals surface area contributed by atoms with Crippen molar-refractivity contribution in [3.8, 4) is 0 Å². The van der Waals surface area contributed by atoms with Crippen LogP contribution >= 0.6 is 0 Å². The molecule has 76 valence electrons. The molecule has 0 aliphatic rings. The monoisotopic (exact) mass is 193 g/mol. The summed E-state index contributed by atoms with van der Waals surface area (Å²) in [5.41, 5.74) is 7.65. The fraction of sp³-hybridized carbons (Fsp3) is 0.364. The maximum atomic E-state index is 10.7. The Bertz CT molecular complexity index is 319. The fourth-order valence-corrected chi connectivity index (χ4v) is 1.29. The van der Waals surface area contributed by atoms with Crippen LogP contribution in [-0.4, -0.2) is 17.1 Å². The quantitative estimate of drug-likeness (QED) is 0.764. The standard InChI is InChI=1S/C11H15NO2/c1-7-3-5-9(6-4-7)8(2)10(12)11(13)14/h3-6,8,10H,12H2,1-2H3,(H,13,14). The Morgan fingerprint density at radius 3 is 2.29 bits per heavy atom. The highest BCUT2D eigenvalue weighted by molar-refractivity contribution is 5.74. The molecular weight excluding hydrogens is 178 g/mol. The summed E-state index contributed by atoms with van der Waals surface area (Å²) in [5, 5.41) is 8.74. The first kappa shape index (κ1) is 10.7. The van der Waals surface area contributed by atoms with Crippen molar-refractivity contribution in [1.82, 2.24) is 0 Å². The molecule has 0 radical (unpaired) electrons. The second kappa shape index (κ2) is 4.24. The first-order chi connectivity index (χ1) is 6.52. The van der Waals surface area contributed by atoms with Crippen LogP contribution in [0, 0.1) is 6.92 Å². The van der Waals surface area contributed by atoms with E-state index in [4.69, 9.17) is 10.8 Å². The zero-order valence-corrected chi connectivity index (χ0v) is 8.40. The normalized spacial score (nSPS) is 14.8. The second-order valence-corrected chi connectivity index (χ2v) is 3.56. The highest BCUT2D eigenvalue weighted by Gasteiger charge is 2.20. The Morgan fingerprint density at radius 2 is 1.86 bits per heavy atom. The predicted octanol–water partition coefficient (Wildman–Crippen LogP) is 1.51. The zero-order chi connectivity index (χ0) is 10.7. The van der Waals surface area contributed by atoms with Gasteiger partial charge in [0.05, 0.1) is 0 Å². The molecule has 3 heteroatoms. The van der Waals surface area contributed by atoms with E-state index in [0.29, 0.717) is 0 Å². The van der Waals surface area contributed by atoms with Gasteiger partial charge in [-0.15, -0.1) is 0 Å². The minimum atomic E-state index is -0.960. The van der Waals surface area contributed by atoms with Gasteiger partial charge in [0.15, 0.2) is 0 Å². The van der Waals surface area contributed by atoms with E-state index in [-0.39, 0.29) is 5.92 Å². The number of benzene rings is 1. The Morgan fingerprint density at radius 1 is 1.36 bits per heavy atom. The summed E-state index contributed by atoms with van der Waals surface area (Å²) < 4.78 is 0. The Balaban J connectivity index is 2.84. The summed E-state index contributed by atoms with van der Waals surface area (Å²) in [6.45, 7) is 3.81. The van der Waals surface area contributed by atoms with Gasteiger partial charge in [0, 0.05) is 5.92 Å². The van der Waals surface area contributed by atoms with Crippen molar-refractivity contribution in [2.75, 3.05) is 0 Å². The van der Waals surface area contributed by atoms with Crippen molar-refractivity contribution in [2.24, 2.45) is 5.73 Å². The molecule has 0 spiro atoms. The molecule has 14 heavy (non-hydrogen) atoms. The van der Waals surface area contributed by atoms with Gasteiger partial charge < -0.3 is 10.8 Å². The molecule has 2 unspecified atom stereocenters. The Labute approximate surface area is 83.6 Å². The molecule has 0 aliphatic carbocycles. The van der Waals surface area contributed by atoms with Crippen LogP contribution in [0.3, 0.4) is 0 Å². The van der Waals surface area contributed by atoms with Crippen molar-refractivity contribution in [1.29, 1.82) is 0 Å². The number of carboxylic acid groups (broad SMARTS) is 1. The first-order valence-corrected chi connectivity index (χ1v) is 4.57. The van der Waals surface area contributed by atoms with Crippen LogP contribution in [-0.2, 0) is 4.79 Å². The van der Waals surface area contributed by atoms with Crippen LogP contribution in [0.25, 0.3) is 0 Å². The number of carbonyl (C=O) groups is 1. The molecule has 1 rings (SSSR count). The van der Waals surface area contributed by atoms with Gasteiger partial charge in [-0.2, -0.15) is 0 Å². The van der Waals surface area contributed by atoms with Gasteiger partial charge in [0.2, 0.25) is 0 Å². The lowest BCUT2D eigenvalue weighted by atomic mass is 9.93. The van der Waals surface area contributed by atoms with Crippen LogP contribution in [0.15, 0.2) is 24.3 Å².